The lowest BCUT2D eigenvalue weighted by atomic mass is 9.96. The number of hydrogen-bond donors (Lipinski definition) is 3. The van der Waals surface area contributed by atoms with Gasteiger partial charge in [-0.15, -0.1) is 0 Å². The van der Waals surface area contributed by atoms with E-state index in [1.165, 1.54) is 19.3 Å². The minimum atomic E-state index is -0.916. The first-order chi connectivity index (χ1) is 13.1. The van der Waals surface area contributed by atoms with E-state index in [-0.39, 0.29) is 31.0 Å². The van der Waals surface area contributed by atoms with Gasteiger partial charge in [-0.05, 0) is 25.7 Å². The zero-order valence-corrected chi connectivity index (χ0v) is 16.1. The summed E-state index contributed by atoms with van der Waals surface area (Å²) < 4.78 is 5.29. The SMILES string of the molecule is O=C(O)CC1COCCN1C(=O)CCCCCNC(=O)NC1CCCCC1. The summed E-state index contributed by atoms with van der Waals surface area (Å²) in [4.78, 5) is 36.8. The highest BCUT2D eigenvalue weighted by Crippen LogP contribution is 2.17. The molecule has 1 aliphatic heterocycles. The van der Waals surface area contributed by atoms with E-state index < -0.39 is 5.97 Å². The minimum absolute atomic E-state index is 0.00690. The first-order valence-corrected chi connectivity index (χ1v) is 10.2. The largest absolute Gasteiger partial charge is 0.481 e. The summed E-state index contributed by atoms with van der Waals surface area (Å²) in [5, 5.41) is 14.9. The number of nitrogens with one attached hydrogen (secondary N) is 2. The number of unbranched alkanes of at least 4 members (excludes halogenated alkanes) is 2. The average Bonchev–Trinajstić information content (AvgIpc) is 2.65. The van der Waals surface area contributed by atoms with Crippen LogP contribution < -0.4 is 10.6 Å². The number of rotatable bonds is 9. The van der Waals surface area contributed by atoms with Crippen LogP contribution in [-0.2, 0) is 14.3 Å². The summed E-state index contributed by atoms with van der Waals surface area (Å²) in [6.07, 6.45) is 8.53. The van der Waals surface area contributed by atoms with Crippen LogP contribution in [0, 0.1) is 0 Å². The van der Waals surface area contributed by atoms with Crippen LogP contribution in [0.5, 0.6) is 0 Å². The lowest BCUT2D eigenvalue weighted by Gasteiger charge is -2.35. The average molecular weight is 383 g/mol. The van der Waals surface area contributed by atoms with Crippen molar-refractivity contribution in [2.75, 3.05) is 26.3 Å². The molecule has 0 aromatic rings. The molecule has 3 N–H and O–H groups in total. The van der Waals surface area contributed by atoms with Crippen molar-refractivity contribution >= 4 is 17.9 Å². The first-order valence-electron chi connectivity index (χ1n) is 10.2. The molecule has 1 heterocycles. The fourth-order valence-electron chi connectivity index (χ4n) is 3.76. The van der Waals surface area contributed by atoms with E-state index in [4.69, 9.17) is 9.84 Å². The highest BCUT2D eigenvalue weighted by molar-refractivity contribution is 5.77. The molecule has 0 bridgehead atoms. The van der Waals surface area contributed by atoms with Crippen LogP contribution in [0.3, 0.4) is 0 Å². The molecule has 2 fully saturated rings. The Kier molecular flexibility index (Phi) is 9.38. The summed E-state index contributed by atoms with van der Waals surface area (Å²) in [5.74, 6) is -0.923. The number of morpholine rings is 1. The van der Waals surface area contributed by atoms with E-state index in [0.29, 0.717) is 32.2 Å². The smallest absolute Gasteiger partial charge is 0.315 e. The molecule has 2 aliphatic rings. The summed E-state index contributed by atoms with van der Waals surface area (Å²) in [6.45, 7) is 1.81. The number of ether oxygens (including phenoxy) is 1. The van der Waals surface area contributed by atoms with Crippen molar-refractivity contribution in [2.45, 2.75) is 76.3 Å². The number of urea groups is 1. The van der Waals surface area contributed by atoms with Crippen LogP contribution in [0.2, 0.25) is 0 Å². The highest BCUT2D eigenvalue weighted by Gasteiger charge is 2.28. The third-order valence-corrected chi connectivity index (χ3v) is 5.25. The molecule has 27 heavy (non-hydrogen) atoms. The van der Waals surface area contributed by atoms with Crippen LogP contribution in [-0.4, -0.2) is 66.3 Å². The molecule has 8 nitrogen and oxygen atoms in total. The second kappa shape index (κ2) is 11.8. The second-order valence-electron chi connectivity index (χ2n) is 7.46. The highest BCUT2D eigenvalue weighted by atomic mass is 16.5. The summed E-state index contributed by atoms with van der Waals surface area (Å²) >= 11 is 0. The molecule has 3 amide bonds. The topological polar surface area (TPSA) is 108 Å². The number of carbonyl (C=O) groups excluding carboxylic acids is 2. The molecule has 0 aromatic carbocycles. The first kappa shape index (κ1) is 21.5. The Labute approximate surface area is 161 Å². The number of carboxylic acids is 1. The van der Waals surface area contributed by atoms with Crippen LogP contribution >= 0.6 is 0 Å². The molecule has 1 aliphatic carbocycles. The maximum absolute atomic E-state index is 12.3. The van der Waals surface area contributed by atoms with E-state index in [9.17, 15) is 14.4 Å². The van der Waals surface area contributed by atoms with E-state index in [1.54, 1.807) is 4.90 Å². The quantitative estimate of drug-likeness (QED) is 0.527. The van der Waals surface area contributed by atoms with Gasteiger partial charge in [-0.1, -0.05) is 25.7 Å². The Bertz CT molecular complexity index is 494. The number of hydrogen-bond acceptors (Lipinski definition) is 4. The molecule has 154 valence electrons. The van der Waals surface area contributed by atoms with Gasteiger partial charge in [-0.3, -0.25) is 9.59 Å². The van der Waals surface area contributed by atoms with Crippen LogP contribution in [0.4, 0.5) is 4.79 Å². The van der Waals surface area contributed by atoms with Crippen molar-refractivity contribution in [1.82, 2.24) is 15.5 Å². The van der Waals surface area contributed by atoms with Crippen molar-refractivity contribution in [3.63, 3.8) is 0 Å². The van der Waals surface area contributed by atoms with Crippen molar-refractivity contribution in [3.05, 3.63) is 0 Å². The van der Waals surface area contributed by atoms with Gasteiger partial charge < -0.3 is 25.4 Å². The van der Waals surface area contributed by atoms with Gasteiger partial charge in [0.1, 0.15) is 0 Å². The Hall–Kier alpha value is -1.83. The van der Waals surface area contributed by atoms with Crippen molar-refractivity contribution in [1.29, 1.82) is 0 Å². The lowest BCUT2D eigenvalue weighted by Crippen LogP contribution is -2.49. The molecular formula is C19H33N3O5. The Morgan fingerprint density at radius 1 is 1.07 bits per heavy atom. The van der Waals surface area contributed by atoms with Crippen LogP contribution in [0.1, 0.15) is 64.2 Å². The van der Waals surface area contributed by atoms with E-state index in [1.807, 2.05) is 0 Å². The van der Waals surface area contributed by atoms with Crippen molar-refractivity contribution < 1.29 is 24.2 Å². The summed E-state index contributed by atoms with van der Waals surface area (Å²) in [6, 6.07) is -0.152. The predicted octanol–water partition coefficient (Wildman–Crippen LogP) is 1.88. The Balaban J connectivity index is 1.54. The van der Waals surface area contributed by atoms with Gasteiger partial charge in [0, 0.05) is 25.6 Å². The van der Waals surface area contributed by atoms with Crippen molar-refractivity contribution in [3.8, 4) is 0 Å². The molecule has 0 aromatic heterocycles. The van der Waals surface area contributed by atoms with Gasteiger partial charge in [0.2, 0.25) is 5.91 Å². The second-order valence-corrected chi connectivity index (χ2v) is 7.46. The predicted molar refractivity (Wildman–Crippen MR) is 100 cm³/mol. The normalized spacial score (nSPS) is 20.9. The van der Waals surface area contributed by atoms with Gasteiger partial charge >= 0.3 is 12.0 Å². The molecule has 1 saturated heterocycles. The van der Waals surface area contributed by atoms with Gasteiger partial charge in [0.25, 0.3) is 0 Å². The number of aliphatic carboxylic acids is 1. The molecular weight excluding hydrogens is 350 g/mol. The zero-order valence-electron chi connectivity index (χ0n) is 16.1. The maximum atomic E-state index is 12.3. The Morgan fingerprint density at radius 2 is 1.85 bits per heavy atom. The fourth-order valence-corrected chi connectivity index (χ4v) is 3.76. The van der Waals surface area contributed by atoms with Gasteiger partial charge in [-0.2, -0.15) is 0 Å². The van der Waals surface area contributed by atoms with Crippen LogP contribution in [0.25, 0.3) is 0 Å². The molecule has 0 spiro atoms. The molecule has 1 unspecified atom stereocenters. The van der Waals surface area contributed by atoms with E-state index in [2.05, 4.69) is 10.6 Å². The summed E-state index contributed by atoms with van der Waals surface area (Å²) in [7, 11) is 0. The van der Waals surface area contributed by atoms with E-state index >= 15 is 0 Å². The number of amides is 3. The van der Waals surface area contributed by atoms with Gasteiger partial charge in [-0.25, -0.2) is 4.79 Å². The summed E-state index contributed by atoms with van der Waals surface area (Å²) in [5.41, 5.74) is 0. The number of carboxylic acid groups (broad SMARTS) is 1. The van der Waals surface area contributed by atoms with Gasteiger partial charge in [0.05, 0.1) is 25.7 Å². The number of carbonyl (C=O) groups is 3. The zero-order chi connectivity index (χ0) is 19.5. The minimum Gasteiger partial charge on any atom is -0.481 e. The molecule has 8 heteroatoms. The van der Waals surface area contributed by atoms with Crippen molar-refractivity contribution in [2.24, 2.45) is 0 Å². The molecule has 1 atom stereocenters. The number of nitrogens with zero attached hydrogens (tertiary/aromatic N) is 1. The molecule has 0 radical (unpaired) electrons. The maximum Gasteiger partial charge on any atom is 0.315 e. The van der Waals surface area contributed by atoms with Gasteiger partial charge in [0.15, 0.2) is 0 Å². The standard InChI is InChI=1S/C19H33N3O5/c23-17(22-11-12-27-14-16(22)13-18(24)25)9-5-2-6-10-20-19(26)21-15-7-3-1-4-8-15/h15-16H,1-14H2,(H,24,25)(H2,20,21,26). The fraction of sp³-hybridized carbons (Fsp3) is 0.842. The van der Waals surface area contributed by atoms with E-state index in [0.717, 1.165) is 32.1 Å². The van der Waals surface area contributed by atoms with Crippen LogP contribution in [0.15, 0.2) is 0 Å². The monoisotopic (exact) mass is 383 g/mol. The molecule has 1 saturated carbocycles. The third-order valence-electron chi connectivity index (χ3n) is 5.25. The molecule has 2 rings (SSSR count). The Morgan fingerprint density at radius 3 is 2.59 bits per heavy atom. The third kappa shape index (κ3) is 8.15. The lowest BCUT2D eigenvalue weighted by molar-refractivity contribution is -0.146.